The zero-order valence-electron chi connectivity index (χ0n) is 45.6. The van der Waals surface area contributed by atoms with Crippen molar-refractivity contribution < 1.29 is 43.2 Å². The van der Waals surface area contributed by atoms with Gasteiger partial charge in [0.25, 0.3) is 0 Å². The highest BCUT2D eigenvalue weighted by atomic mass is 28.4. The fraction of sp³-hybridized carbons (Fsp3) is 0.750. The van der Waals surface area contributed by atoms with E-state index < -0.39 is 56.9 Å². The lowest BCUT2D eigenvalue weighted by atomic mass is 9.96. The van der Waals surface area contributed by atoms with Gasteiger partial charge in [0, 0.05) is 12.8 Å². The fourth-order valence-corrected chi connectivity index (χ4v) is 10.3. The second kappa shape index (κ2) is 36.8. The van der Waals surface area contributed by atoms with Crippen LogP contribution in [0.5, 0.6) is 0 Å². The maximum absolute atomic E-state index is 13.9. The van der Waals surface area contributed by atoms with Crippen LogP contribution in [-0.4, -0.2) is 79.7 Å². The van der Waals surface area contributed by atoms with Crippen molar-refractivity contribution in [2.45, 2.75) is 282 Å². The molecule has 3 rings (SSSR count). The summed E-state index contributed by atoms with van der Waals surface area (Å²) in [6.45, 7) is 12.8. The van der Waals surface area contributed by atoms with E-state index in [9.17, 15) is 24.6 Å². The first-order valence-corrected chi connectivity index (χ1v) is 31.5. The molecule has 0 spiro atoms. The zero-order chi connectivity index (χ0) is 51.6. The summed E-state index contributed by atoms with van der Waals surface area (Å²) in [4.78, 5) is 40.6. The van der Waals surface area contributed by atoms with Gasteiger partial charge in [0.1, 0.15) is 24.4 Å². The first-order chi connectivity index (χ1) is 34.2. The van der Waals surface area contributed by atoms with Crippen molar-refractivity contribution >= 4 is 26.2 Å². The molecule has 2 aromatic rings. The van der Waals surface area contributed by atoms with E-state index in [2.05, 4.69) is 107 Å². The van der Waals surface area contributed by atoms with Crippen LogP contribution in [0.25, 0.3) is 0 Å². The molecule has 71 heavy (non-hydrogen) atoms. The van der Waals surface area contributed by atoms with Crippen LogP contribution in [0.3, 0.4) is 0 Å². The highest BCUT2D eigenvalue weighted by molar-refractivity contribution is 6.74. The first-order valence-electron chi connectivity index (χ1n) is 28.6. The molecule has 11 heteroatoms. The van der Waals surface area contributed by atoms with Crippen LogP contribution in [0.1, 0.15) is 225 Å². The van der Waals surface area contributed by atoms with Gasteiger partial charge in [0.2, 0.25) is 5.91 Å². The summed E-state index contributed by atoms with van der Waals surface area (Å²) < 4.78 is 24.3. The maximum atomic E-state index is 13.9. The van der Waals surface area contributed by atoms with Crippen molar-refractivity contribution in [2.75, 3.05) is 6.61 Å². The lowest BCUT2D eigenvalue weighted by Crippen LogP contribution is -2.65. The van der Waals surface area contributed by atoms with E-state index in [-0.39, 0.29) is 30.5 Å². The Bertz CT molecular complexity index is 1670. The molecule has 0 radical (unpaired) electrons. The van der Waals surface area contributed by atoms with Crippen LogP contribution in [0, 0.1) is 0 Å². The second-order valence-electron chi connectivity index (χ2n) is 22.2. The van der Waals surface area contributed by atoms with Gasteiger partial charge in [-0.25, -0.2) is 0 Å². The maximum Gasteiger partial charge on any atom is 0.306 e. The van der Waals surface area contributed by atoms with Gasteiger partial charge in [0.05, 0.1) is 13.0 Å². The van der Waals surface area contributed by atoms with Gasteiger partial charge in [-0.15, -0.1) is 0 Å². The SMILES string of the molecule is CCCCCCCCCCC[C@@H](CC(=O)N[C@H]1C(O)O[C@H](CO[Si](C)(C)C(C)(C)C)[C@@H](O)[C@@H]1OC(=O)CCCCCCCCCCc1ccccc1)OC(=O)CCCCCCCCCCc1ccccc1. The number of hydrogen-bond acceptors (Lipinski definition) is 9. The highest BCUT2D eigenvalue weighted by Gasteiger charge is 2.49. The topological polar surface area (TPSA) is 141 Å². The monoisotopic (exact) mass is 1010 g/mol. The molecule has 0 aromatic heterocycles. The molecule has 1 aliphatic rings. The summed E-state index contributed by atoms with van der Waals surface area (Å²) in [6.07, 6.45) is 24.9. The summed E-state index contributed by atoms with van der Waals surface area (Å²) in [5.41, 5.74) is 2.79. The number of aliphatic hydroxyl groups excluding tert-OH is 2. The molecule has 0 bridgehead atoms. The fourth-order valence-electron chi connectivity index (χ4n) is 9.27. The zero-order valence-corrected chi connectivity index (χ0v) is 46.6. The average molecular weight is 1010 g/mol. The van der Waals surface area contributed by atoms with Crippen LogP contribution in [-0.2, 0) is 45.9 Å². The molecular formula is C60H101NO9Si. The molecule has 6 atom stereocenters. The Balaban J connectivity index is 1.53. The molecule has 404 valence electrons. The second-order valence-corrected chi connectivity index (χ2v) is 27.0. The molecular weight excluding hydrogens is 907 g/mol. The van der Waals surface area contributed by atoms with Gasteiger partial charge in [0.15, 0.2) is 20.7 Å². The standard InChI is InChI=1S/C60H101NO9Si/c1-7-8-9-10-11-12-19-24-35-44-51(68-54(63)45-36-25-20-15-13-17-22-29-38-49-40-31-27-32-41-49)47-53(62)61-56-58(57(65)52(69-59(56)66)48-67-71(5,6)60(2,3)4)70-55(64)46-37-26-21-16-14-18-23-30-39-50-42-33-28-34-43-50/h27-28,31-34,40-43,51-52,56-59,65-66H,7-26,29-30,35-39,44-48H2,1-6H3,(H,61,62)/t51-,52+,56+,57+,58+,59?/m0/s1. The predicted molar refractivity (Wildman–Crippen MR) is 292 cm³/mol. The Morgan fingerprint density at radius 1 is 0.620 bits per heavy atom. The summed E-state index contributed by atoms with van der Waals surface area (Å²) in [5.74, 6) is -1.27. The van der Waals surface area contributed by atoms with Crippen LogP contribution in [0.15, 0.2) is 60.7 Å². The highest BCUT2D eigenvalue weighted by Crippen LogP contribution is 2.37. The summed E-state index contributed by atoms with van der Waals surface area (Å²) in [5, 5.41) is 25.9. The van der Waals surface area contributed by atoms with Crippen LogP contribution in [0.4, 0.5) is 0 Å². The molecule has 1 heterocycles. The van der Waals surface area contributed by atoms with Crippen molar-refractivity contribution in [3.05, 3.63) is 71.8 Å². The van der Waals surface area contributed by atoms with E-state index in [1.807, 2.05) is 0 Å². The third-order valence-electron chi connectivity index (χ3n) is 14.9. The molecule has 2 aromatic carbocycles. The quantitative estimate of drug-likeness (QED) is 0.0338. The average Bonchev–Trinajstić information content (AvgIpc) is 3.34. The molecule has 1 unspecified atom stereocenters. The Labute approximate surface area is 433 Å². The number of aliphatic hydroxyl groups is 2. The van der Waals surface area contributed by atoms with E-state index in [1.54, 1.807) is 0 Å². The number of aryl methyl sites for hydroxylation is 2. The minimum absolute atomic E-state index is 0.00163. The molecule has 3 N–H and O–H groups in total. The van der Waals surface area contributed by atoms with Gasteiger partial charge in [-0.05, 0) is 80.6 Å². The molecule has 1 saturated heterocycles. The van der Waals surface area contributed by atoms with Crippen molar-refractivity contribution in [2.24, 2.45) is 0 Å². The van der Waals surface area contributed by atoms with Gasteiger partial charge in [-0.3, -0.25) is 14.4 Å². The van der Waals surface area contributed by atoms with Crippen LogP contribution < -0.4 is 5.32 Å². The predicted octanol–water partition coefficient (Wildman–Crippen LogP) is 14.2. The number of amides is 1. The Kier molecular flexibility index (Phi) is 32.2. The number of esters is 2. The van der Waals surface area contributed by atoms with E-state index >= 15 is 0 Å². The van der Waals surface area contributed by atoms with Gasteiger partial charge in [-0.2, -0.15) is 0 Å². The number of benzene rings is 2. The van der Waals surface area contributed by atoms with E-state index in [1.165, 1.54) is 101 Å². The van der Waals surface area contributed by atoms with E-state index in [0.29, 0.717) is 19.3 Å². The molecule has 1 aliphatic heterocycles. The minimum Gasteiger partial charge on any atom is -0.462 e. The number of rotatable bonds is 40. The number of ether oxygens (including phenoxy) is 3. The molecule has 0 saturated carbocycles. The lowest BCUT2D eigenvalue weighted by molar-refractivity contribution is -0.258. The molecule has 0 aliphatic carbocycles. The van der Waals surface area contributed by atoms with Crippen molar-refractivity contribution in [1.29, 1.82) is 0 Å². The summed E-state index contributed by atoms with van der Waals surface area (Å²) in [6, 6.07) is 20.0. The largest absolute Gasteiger partial charge is 0.462 e. The van der Waals surface area contributed by atoms with E-state index in [4.69, 9.17) is 18.6 Å². The Morgan fingerprint density at radius 2 is 1.06 bits per heavy atom. The summed E-state index contributed by atoms with van der Waals surface area (Å²) in [7, 11) is -2.27. The Hall–Kier alpha value is -3.09. The molecule has 10 nitrogen and oxygen atoms in total. The minimum atomic E-state index is -2.27. The number of carbonyl (C=O) groups excluding carboxylic acids is 3. The lowest BCUT2D eigenvalue weighted by Gasteiger charge is -2.44. The third kappa shape index (κ3) is 27.7. The van der Waals surface area contributed by atoms with Gasteiger partial charge >= 0.3 is 11.9 Å². The normalized spacial score (nSPS) is 18.8. The smallest absolute Gasteiger partial charge is 0.306 e. The van der Waals surface area contributed by atoms with Crippen LogP contribution >= 0.6 is 0 Å². The summed E-state index contributed by atoms with van der Waals surface area (Å²) >= 11 is 0. The van der Waals surface area contributed by atoms with Crippen molar-refractivity contribution in [3.8, 4) is 0 Å². The van der Waals surface area contributed by atoms with Gasteiger partial charge in [-0.1, -0.05) is 217 Å². The number of hydrogen-bond donors (Lipinski definition) is 3. The van der Waals surface area contributed by atoms with Crippen molar-refractivity contribution in [3.63, 3.8) is 0 Å². The first kappa shape index (κ1) is 62.2. The number of unbranched alkanes of at least 4 members (excludes halogenated alkanes) is 22. The molecule has 1 fully saturated rings. The van der Waals surface area contributed by atoms with E-state index in [0.717, 1.165) is 77.0 Å². The van der Waals surface area contributed by atoms with Gasteiger partial charge < -0.3 is 34.2 Å². The van der Waals surface area contributed by atoms with Crippen molar-refractivity contribution in [1.82, 2.24) is 5.32 Å². The number of carbonyl (C=O) groups is 3. The molecule has 1 amide bonds. The number of nitrogens with one attached hydrogen (secondary N) is 1. The Morgan fingerprint density at radius 3 is 1.54 bits per heavy atom. The third-order valence-corrected chi connectivity index (χ3v) is 19.4. The van der Waals surface area contributed by atoms with Crippen LogP contribution in [0.2, 0.25) is 18.1 Å².